The van der Waals surface area contributed by atoms with Gasteiger partial charge in [0.05, 0.1) is 25.4 Å². The van der Waals surface area contributed by atoms with E-state index in [9.17, 15) is 14.4 Å². The zero-order chi connectivity index (χ0) is 16.5. The smallest absolute Gasteiger partial charge is 0.342 e. The summed E-state index contributed by atoms with van der Waals surface area (Å²) in [5, 5.41) is 8.54. The van der Waals surface area contributed by atoms with Gasteiger partial charge in [-0.2, -0.15) is 0 Å². The highest BCUT2D eigenvalue weighted by Gasteiger charge is 2.21. The van der Waals surface area contributed by atoms with Crippen molar-refractivity contribution in [2.45, 2.75) is 13.8 Å². The molecule has 0 saturated heterocycles. The second kappa shape index (κ2) is 8.91. The Morgan fingerprint density at radius 3 is 2.32 bits per heavy atom. The summed E-state index contributed by atoms with van der Waals surface area (Å²) in [6, 6.07) is 4.37. The van der Waals surface area contributed by atoms with Gasteiger partial charge in [0.1, 0.15) is 12.2 Å². The van der Waals surface area contributed by atoms with Crippen molar-refractivity contribution >= 4 is 17.7 Å². The third-order valence-corrected chi connectivity index (χ3v) is 2.56. The Hall–Kier alpha value is -2.25. The van der Waals surface area contributed by atoms with Crippen molar-refractivity contribution < 1.29 is 33.7 Å². The monoisotopic (exact) mass is 310 g/mol. The Morgan fingerprint density at radius 2 is 1.73 bits per heavy atom. The van der Waals surface area contributed by atoms with Crippen LogP contribution in [0.5, 0.6) is 5.75 Å². The molecular weight excluding hydrogens is 292 g/mol. The molecule has 0 aliphatic heterocycles. The average Bonchev–Trinajstić information content (AvgIpc) is 2.46. The molecule has 120 valence electrons. The molecule has 7 nitrogen and oxygen atoms in total. The lowest BCUT2D eigenvalue weighted by Crippen LogP contribution is -2.16. The quantitative estimate of drug-likeness (QED) is 0.331. The molecule has 0 aromatic heterocycles. The molecule has 22 heavy (non-hydrogen) atoms. The standard InChI is InChI=1S/C15H18O7/c1-10(17)12-4-3-5-13(14(12)22-11(2)18)15(19)21-9-8-20-7-6-16/h3-5,16H,6-9H2,1-2H3. The number of aliphatic hydroxyl groups is 1. The van der Waals surface area contributed by atoms with E-state index in [1.807, 2.05) is 0 Å². The number of esters is 2. The molecule has 1 N–H and O–H groups in total. The van der Waals surface area contributed by atoms with E-state index in [2.05, 4.69) is 0 Å². The van der Waals surface area contributed by atoms with Gasteiger partial charge < -0.3 is 19.3 Å². The van der Waals surface area contributed by atoms with E-state index in [-0.39, 0.29) is 49.1 Å². The maximum atomic E-state index is 12.0. The van der Waals surface area contributed by atoms with Gasteiger partial charge in [0.2, 0.25) is 0 Å². The van der Waals surface area contributed by atoms with Gasteiger partial charge in [0.15, 0.2) is 11.5 Å². The van der Waals surface area contributed by atoms with Crippen molar-refractivity contribution in [3.63, 3.8) is 0 Å². The van der Waals surface area contributed by atoms with Crippen LogP contribution in [-0.2, 0) is 14.3 Å². The highest BCUT2D eigenvalue weighted by Crippen LogP contribution is 2.25. The molecule has 0 unspecified atom stereocenters. The Morgan fingerprint density at radius 1 is 1.05 bits per heavy atom. The fourth-order valence-electron chi connectivity index (χ4n) is 1.67. The molecule has 1 aromatic rings. The Bertz CT molecular complexity index is 551. The van der Waals surface area contributed by atoms with E-state index in [1.165, 1.54) is 32.0 Å². The lowest BCUT2D eigenvalue weighted by Gasteiger charge is -2.12. The SMILES string of the molecule is CC(=O)Oc1c(C(C)=O)cccc1C(=O)OCCOCCO. The van der Waals surface area contributed by atoms with E-state index < -0.39 is 11.9 Å². The minimum Gasteiger partial charge on any atom is -0.460 e. The molecule has 0 aliphatic rings. The topological polar surface area (TPSA) is 99.1 Å². The fourth-order valence-corrected chi connectivity index (χ4v) is 1.67. The molecule has 0 radical (unpaired) electrons. The second-order valence-electron chi connectivity index (χ2n) is 4.30. The molecule has 7 heteroatoms. The number of ether oxygens (including phenoxy) is 3. The van der Waals surface area contributed by atoms with Crippen LogP contribution in [0.2, 0.25) is 0 Å². The summed E-state index contributed by atoms with van der Waals surface area (Å²) < 4.78 is 14.9. The first kappa shape index (κ1) is 17.8. The number of aliphatic hydroxyl groups excluding tert-OH is 1. The largest absolute Gasteiger partial charge is 0.460 e. The van der Waals surface area contributed by atoms with Crippen LogP contribution >= 0.6 is 0 Å². The van der Waals surface area contributed by atoms with Crippen LogP contribution < -0.4 is 4.74 Å². The normalized spacial score (nSPS) is 10.1. The summed E-state index contributed by atoms with van der Waals surface area (Å²) in [5.41, 5.74) is 0.117. The van der Waals surface area contributed by atoms with Crippen LogP contribution in [0, 0.1) is 0 Å². The number of carbonyl (C=O) groups is 3. The zero-order valence-corrected chi connectivity index (χ0v) is 12.5. The van der Waals surface area contributed by atoms with Crippen molar-refractivity contribution in [1.29, 1.82) is 0 Å². The van der Waals surface area contributed by atoms with Gasteiger partial charge in [0.25, 0.3) is 0 Å². The van der Waals surface area contributed by atoms with Crippen LogP contribution in [-0.4, -0.2) is 49.3 Å². The predicted octanol–water partition coefficient (Wildman–Crippen LogP) is 0.980. The van der Waals surface area contributed by atoms with E-state index in [1.54, 1.807) is 0 Å². The number of Topliss-reactive ketones (excluding diaryl/α,β-unsaturated/α-hetero) is 1. The van der Waals surface area contributed by atoms with Crippen molar-refractivity contribution in [2.24, 2.45) is 0 Å². The van der Waals surface area contributed by atoms with Crippen LogP contribution in [0.1, 0.15) is 34.6 Å². The molecule has 0 heterocycles. The first-order valence-corrected chi connectivity index (χ1v) is 6.65. The van der Waals surface area contributed by atoms with Crippen LogP contribution in [0.25, 0.3) is 0 Å². The van der Waals surface area contributed by atoms with Gasteiger partial charge in [0, 0.05) is 6.92 Å². The van der Waals surface area contributed by atoms with Gasteiger partial charge >= 0.3 is 11.9 Å². The molecule has 0 fully saturated rings. The second-order valence-corrected chi connectivity index (χ2v) is 4.30. The highest BCUT2D eigenvalue weighted by atomic mass is 16.6. The van der Waals surface area contributed by atoms with Crippen LogP contribution in [0.15, 0.2) is 18.2 Å². The first-order valence-electron chi connectivity index (χ1n) is 6.65. The molecular formula is C15H18O7. The molecule has 0 spiro atoms. The molecule has 0 bridgehead atoms. The van der Waals surface area contributed by atoms with Crippen LogP contribution in [0.4, 0.5) is 0 Å². The van der Waals surface area contributed by atoms with E-state index >= 15 is 0 Å². The summed E-state index contributed by atoms with van der Waals surface area (Å²) in [4.78, 5) is 34.8. The fraction of sp³-hybridized carbons (Fsp3) is 0.400. The van der Waals surface area contributed by atoms with Gasteiger partial charge in [-0.3, -0.25) is 9.59 Å². The Balaban J connectivity index is 2.88. The third-order valence-electron chi connectivity index (χ3n) is 2.56. The van der Waals surface area contributed by atoms with E-state index in [0.717, 1.165) is 0 Å². The number of hydrogen-bond donors (Lipinski definition) is 1. The van der Waals surface area contributed by atoms with E-state index in [0.29, 0.717) is 0 Å². The number of ketones is 1. The summed E-state index contributed by atoms with van der Waals surface area (Å²) in [7, 11) is 0. The molecule has 0 amide bonds. The van der Waals surface area contributed by atoms with Gasteiger partial charge in [-0.25, -0.2) is 4.79 Å². The molecule has 0 saturated carbocycles. The Kier molecular flexibility index (Phi) is 7.21. The third kappa shape index (κ3) is 5.27. The molecule has 1 aromatic carbocycles. The zero-order valence-electron chi connectivity index (χ0n) is 12.5. The highest BCUT2D eigenvalue weighted by molar-refractivity contribution is 6.03. The predicted molar refractivity (Wildman–Crippen MR) is 75.9 cm³/mol. The number of carbonyl (C=O) groups excluding carboxylic acids is 3. The summed E-state index contributed by atoms with van der Waals surface area (Å²) in [5.74, 6) is -1.82. The lowest BCUT2D eigenvalue weighted by molar-refractivity contribution is -0.131. The van der Waals surface area contributed by atoms with Gasteiger partial charge in [-0.15, -0.1) is 0 Å². The number of benzene rings is 1. The maximum absolute atomic E-state index is 12.0. The summed E-state index contributed by atoms with van der Waals surface area (Å²) in [6.45, 7) is 2.61. The van der Waals surface area contributed by atoms with Crippen molar-refractivity contribution in [1.82, 2.24) is 0 Å². The molecule has 0 aliphatic carbocycles. The maximum Gasteiger partial charge on any atom is 0.342 e. The van der Waals surface area contributed by atoms with Crippen LogP contribution in [0.3, 0.4) is 0 Å². The number of para-hydroxylation sites is 1. The number of hydrogen-bond acceptors (Lipinski definition) is 7. The van der Waals surface area contributed by atoms with Crippen molar-refractivity contribution in [3.05, 3.63) is 29.3 Å². The number of rotatable bonds is 8. The lowest BCUT2D eigenvalue weighted by atomic mass is 10.1. The first-order chi connectivity index (χ1) is 10.5. The van der Waals surface area contributed by atoms with Crippen molar-refractivity contribution in [3.8, 4) is 5.75 Å². The molecule has 1 rings (SSSR count). The Labute approximate surface area is 127 Å². The summed E-state index contributed by atoms with van der Waals surface area (Å²) >= 11 is 0. The van der Waals surface area contributed by atoms with E-state index in [4.69, 9.17) is 19.3 Å². The average molecular weight is 310 g/mol. The van der Waals surface area contributed by atoms with Gasteiger partial charge in [-0.05, 0) is 19.1 Å². The van der Waals surface area contributed by atoms with Crippen molar-refractivity contribution in [2.75, 3.05) is 26.4 Å². The summed E-state index contributed by atoms with van der Waals surface area (Å²) in [6.07, 6.45) is 0. The minimum absolute atomic E-state index is 0.00921. The molecule has 0 atom stereocenters. The minimum atomic E-state index is -0.730. The van der Waals surface area contributed by atoms with Gasteiger partial charge in [-0.1, -0.05) is 6.07 Å².